The van der Waals surface area contributed by atoms with Crippen LogP contribution in [0, 0.1) is 5.92 Å². The fourth-order valence-electron chi connectivity index (χ4n) is 1.89. The molecule has 2 nitrogen and oxygen atoms in total. The summed E-state index contributed by atoms with van der Waals surface area (Å²) in [5.74, 6) is 1.42. The molecule has 0 bridgehead atoms. The topological polar surface area (TPSA) is 35.2 Å². The Morgan fingerprint density at radius 2 is 1.74 bits per heavy atom. The van der Waals surface area contributed by atoms with E-state index < -0.39 is 0 Å². The molecule has 2 rings (SSSR count). The van der Waals surface area contributed by atoms with Gasteiger partial charge in [0, 0.05) is 0 Å². The number of hydrogen-bond acceptors (Lipinski definition) is 2. The monoisotopic (exact) mass is 255 g/mol. The average Bonchev–Trinajstić information content (AvgIpc) is 2.41. The van der Waals surface area contributed by atoms with Gasteiger partial charge < -0.3 is 10.5 Å². The molecule has 0 radical (unpaired) electrons. The molecular formula is C17H21NO. The predicted octanol–water partition coefficient (Wildman–Crippen LogP) is 4.36. The fourth-order valence-corrected chi connectivity index (χ4v) is 1.89. The lowest BCUT2D eigenvalue weighted by Gasteiger charge is -2.11. The van der Waals surface area contributed by atoms with Gasteiger partial charge in [0.05, 0.1) is 12.3 Å². The van der Waals surface area contributed by atoms with Gasteiger partial charge >= 0.3 is 0 Å². The standard InChI is InChI=1S/C17H21NO/c1-13(2)10-11-19-17-9-8-15(12-16(17)18)14-6-4-3-5-7-14/h3-9,12-13H,10-11,18H2,1-2H3. The summed E-state index contributed by atoms with van der Waals surface area (Å²) >= 11 is 0. The number of hydrogen-bond donors (Lipinski definition) is 1. The van der Waals surface area contributed by atoms with Gasteiger partial charge in [0.25, 0.3) is 0 Å². The van der Waals surface area contributed by atoms with Gasteiger partial charge in [-0.3, -0.25) is 0 Å². The summed E-state index contributed by atoms with van der Waals surface area (Å²) in [5.41, 5.74) is 9.04. The van der Waals surface area contributed by atoms with E-state index >= 15 is 0 Å². The molecule has 2 heteroatoms. The molecule has 2 N–H and O–H groups in total. The van der Waals surface area contributed by atoms with Crippen molar-refractivity contribution in [1.82, 2.24) is 0 Å². The van der Waals surface area contributed by atoms with Crippen LogP contribution in [-0.2, 0) is 0 Å². The largest absolute Gasteiger partial charge is 0.491 e. The molecule has 0 aliphatic heterocycles. The normalized spacial score (nSPS) is 10.7. The lowest BCUT2D eigenvalue weighted by atomic mass is 10.1. The molecule has 0 aliphatic carbocycles. The summed E-state index contributed by atoms with van der Waals surface area (Å²) in [6.07, 6.45) is 1.04. The lowest BCUT2D eigenvalue weighted by Crippen LogP contribution is -2.03. The van der Waals surface area contributed by atoms with E-state index in [1.807, 2.05) is 30.3 Å². The molecule has 0 aromatic heterocycles. The average molecular weight is 255 g/mol. The summed E-state index contributed by atoms with van der Waals surface area (Å²) in [4.78, 5) is 0. The van der Waals surface area contributed by atoms with Gasteiger partial charge in [0.1, 0.15) is 5.75 Å². The summed E-state index contributed by atoms with van der Waals surface area (Å²) < 4.78 is 5.71. The van der Waals surface area contributed by atoms with Gasteiger partial charge in [-0.1, -0.05) is 50.2 Å². The predicted molar refractivity (Wildman–Crippen MR) is 81.2 cm³/mol. The van der Waals surface area contributed by atoms with E-state index in [0.29, 0.717) is 18.2 Å². The molecule has 0 saturated heterocycles. The first-order valence-corrected chi connectivity index (χ1v) is 6.74. The van der Waals surface area contributed by atoms with Gasteiger partial charge in [-0.25, -0.2) is 0 Å². The number of rotatable bonds is 5. The van der Waals surface area contributed by atoms with Crippen molar-refractivity contribution in [3.8, 4) is 16.9 Å². The van der Waals surface area contributed by atoms with Crippen molar-refractivity contribution in [1.29, 1.82) is 0 Å². The number of nitrogen functional groups attached to an aromatic ring is 1. The van der Waals surface area contributed by atoms with Crippen LogP contribution >= 0.6 is 0 Å². The summed E-state index contributed by atoms with van der Waals surface area (Å²) in [7, 11) is 0. The Bertz CT molecular complexity index is 520. The summed E-state index contributed by atoms with van der Waals surface area (Å²) in [6, 6.07) is 16.2. The van der Waals surface area contributed by atoms with Crippen molar-refractivity contribution < 1.29 is 4.74 Å². The van der Waals surface area contributed by atoms with E-state index in [4.69, 9.17) is 10.5 Å². The Morgan fingerprint density at radius 1 is 1.00 bits per heavy atom. The highest BCUT2D eigenvalue weighted by atomic mass is 16.5. The van der Waals surface area contributed by atoms with Crippen LogP contribution < -0.4 is 10.5 Å². The maximum Gasteiger partial charge on any atom is 0.142 e. The SMILES string of the molecule is CC(C)CCOc1ccc(-c2ccccc2)cc1N. The van der Waals surface area contributed by atoms with Crippen LogP contribution in [0.5, 0.6) is 5.75 Å². The molecule has 0 amide bonds. The van der Waals surface area contributed by atoms with Crippen molar-refractivity contribution in [2.75, 3.05) is 12.3 Å². The molecule has 2 aromatic rings. The van der Waals surface area contributed by atoms with Crippen molar-refractivity contribution in [3.05, 3.63) is 48.5 Å². The highest BCUT2D eigenvalue weighted by Crippen LogP contribution is 2.28. The smallest absolute Gasteiger partial charge is 0.142 e. The van der Waals surface area contributed by atoms with Crippen molar-refractivity contribution in [3.63, 3.8) is 0 Å². The molecular weight excluding hydrogens is 234 g/mol. The lowest BCUT2D eigenvalue weighted by molar-refractivity contribution is 0.291. The minimum Gasteiger partial charge on any atom is -0.491 e. The van der Waals surface area contributed by atoms with Crippen LogP contribution in [0.1, 0.15) is 20.3 Å². The zero-order chi connectivity index (χ0) is 13.7. The number of nitrogens with two attached hydrogens (primary N) is 1. The third-order valence-corrected chi connectivity index (χ3v) is 3.07. The van der Waals surface area contributed by atoms with Crippen molar-refractivity contribution in [2.45, 2.75) is 20.3 Å². The van der Waals surface area contributed by atoms with Gasteiger partial charge in [-0.05, 0) is 35.6 Å². The molecule has 0 saturated carbocycles. The third kappa shape index (κ3) is 3.75. The van der Waals surface area contributed by atoms with Crippen molar-refractivity contribution >= 4 is 5.69 Å². The Morgan fingerprint density at radius 3 is 2.37 bits per heavy atom. The van der Waals surface area contributed by atoms with E-state index in [0.717, 1.165) is 17.7 Å². The number of ether oxygens (including phenoxy) is 1. The molecule has 2 aromatic carbocycles. The summed E-state index contributed by atoms with van der Waals surface area (Å²) in [5, 5.41) is 0. The molecule has 0 heterocycles. The van der Waals surface area contributed by atoms with Crippen LogP contribution in [-0.4, -0.2) is 6.61 Å². The first-order chi connectivity index (χ1) is 9.16. The number of benzene rings is 2. The van der Waals surface area contributed by atoms with Gasteiger partial charge in [0.2, 0.25) is 0 Å². The minimum atomic E-state index is 0.643. The van der Waals surface area contributed by atoms with E-state index in [1.165, 1.54) is 5.56 Å². The molecule has 0 unspecified atom stereocenters. The van der Waals surface area contributed by atoms with Crippen LogP contribution in [0.25, 0.3) is 11.1 Å². The molecule has 0 fully saturated rings. The fraction of sp³-hybridized carbons (Fsp3) is 0.294. The summed E-state index contributed by atoms with van der Waals surface area (Å²) in [6.45, 7) is 5.09. The maximum absolute atomic E-state index is 6.05. The highest BCUT2D eigenvalue weighted by molar-refractivity contribution is 5.70. The number of anilines is 1. The second kappa shape index (κ2) is 6.28. The molecule has 19 heavy (non-hydrogen) atoms. The van der Waals surface area contributed by atoms with Gasteiger partial charge in [-0.2, -0.15) is 0 Å². The minimum absolute atomic E-state index is 0.643. The van der Waals surface area contributed by atoms with Crippen LogP contribution in [0.3, 0.4) is 0 Å². The zero-order valence-electron chi connectivity index (χ0n) is 11.6. The quantitative estimate of drug-likeness (QED) is 0.806. The first kappa shape index (κ1) is 13.5. The Labute approximate surface area is 115 Å². The van der Waals surface area contributed by atoms with Gasteiger partial charge in [0.15, 0.2) is 0 Å². The van der Waals surface area contributed by atoms with E-state index in [-0.39, 0.29) is 0 Å². The van der Waals surface area contributed by atoms with Crippen LogP contribution in [0.15, 0.2) is 48.5 Å². The Balaban J connectivity index is 2.09. The maximum atomic E-state index is 6.05. The highest BCUT2D eigenvalue weighted by Gasteiger charge is 2.04. The van der Waals surface area contributed by atoms with Gasteiger partial charge in [-0.15, -0.1) is 0 Å². The molecule has 0 aliphatic rings. The molecule has 100 valence electrons. The van der Waals surface area contributed by atoms with E-state index in [9.17, 15) is 0 Å². The first-order valence-electron chi connectivity index (χ1n) is 6.74. The third-order valence-electron chi connectivity index (χ3n) is 3.07. The zero-order valence-corrected chi connectivity index (χ0v) is 11.6. The second-order valence-corrected chi connectivity index (χ2v) is 5.15. The second-order valence-electron chi connectivity index (χ2n) is 5.15. The van der Waals surface area contributed by atoms with Crippen LogP contribution in [0.4, 0.5) is 5.69 Å². The molecule has 0 spiro atoms. The van der Waals surface area contributed by atoms with Crippen molar-refractivity contribution in [2.24, 2.45) is 5.92 Å². The van der Waals surface area contributed by atoms with E-state index in [1.54, 1.807) is 0 Å². The Hall–Kier alpha value is -1.96. The Kier molecular flexibility index (Phi) is 4.45. The van der Waals surface area contributed by atoms with E-state index in [2.05, 4.69) is 32.0 Å². The molecule has 0 atom stereocenters. The van der Waals surface area contributed by atoms with Crippen LogP contribution in [0.2, 0.25) is 0 Å².